The summed E-state index contributed by atoms with van der Waals surface area (Å²) in [7, 11) is 0. The van der Waals surface area contributed by atoms with Gasteiger partial charge < -0.3 is 10.6 Å². The predicted molar refractivity (Wildman–Crippen MR) is 68.5 cm³/mol. The third-order valence-electron chi connectivity index (χ3n) is 3.00. The Bertz CT molecular complexity index is 453. The van der Waals surface area contributed by atoms with Crippen molar-refractivity contribution < 1.29 is 4.79 Å². The minimum Gasteiger partial charge on any atom is -0.382 e. The highest BCUT2D eigenvalue weighted by atomic mass is 16.2. The summed E-state index contributed by atoms with van der Waals surface area (Å²) >= 11 is 0. The van der Waals surface area contributed by atoms with Crippen LogP contribution >= 0.6 is 0 Å². The van der Waals surface area contributed by atoms with E-state index in [1.807, 2.05) is 4.90 Å². The van der Waals surface area contributed by atoms with E-state index in [2.05, 4.69) is 15.9 Å². The van der Waals surface area contributed by atoms with Crippen LogP contribution in [0.1, 0.15) is 0 Å². The summed E-state index contributed by atoms with van der Waals surface area (Å²) in [6.45, 7) is 3.99. The monoisotopic (exact) mass is 247 g/mol. The standard InChI is InChI=1S/C12H17N5O/c1-2-4-15-6-8-16(9-7-15)12(18)10-17-5-3-11(13)14-17/h1,3,5H,4,6-10H2,(H2,13,14). The Kier molecular flexibility index (Phi) is 3.85. The highest BCUT2D eigenvalue weighted by molar-refractivity contribution is 5.76. The molecule has 0 spiro atoms. The molecule has 0 saturated carbocycles. The van der Waals surface area contributed by atoms with Crippen molar-refractivity contribution in [1.29, 1.82) is 0 Å². The van der Waals surface area contributed by atoms with Crippen molar-refractivity contribution >= 4 is 11.7 Å². The molecule has 1 saturated heterocycles. The van der Waals surface area contributed by atoms with Crippen LogP contribution in [0.15, 0.2) is 12.3 Å². The first-order chi connectivity index (χ1) is 8.69. The molecule has 0 unspecified atom stereocenters. The fourth-order valence-electron chi connectivity index (χ4n) is 1.99. The minimum absolute atomic E-state index is 0.0680. The second-order valence-corrected chi connectivity index (χ2v) is 4.30. The van der Waals surface area contributed by atoms with Gasteiger partial charge in [-0.25, -0.2) is 0 Å². The maximum Gasteiger partial charge on any atom is 0.244 e. The number of nitrogens with two attached hydrogens (primary N) is 1. The Morgan fingerprint density at radius 3 is 2.72 bits per heavy atom. The lowest BCUT2D eigenvalue weighted by atomic mass is 10.3. The van der Waals surface area contributed by atoms with Crippen LogP contribution in [0.3, 0.4) is 0 Å². The van der Waals surface area contributed by atoms with Gasteiger partial charge in [0.25, 0.3) is 0 Å². The van der Waals surface area contributed by atoms with Gasteiger partial charge in [-0.2, -0.15) is 5.10 Å². The number of anilines is 1. The third-order valence-corrected chi connectivity index (χ3v) is 3.00. The maximum absolute atomic E-state index is 12.0. The highest BCUT2D eigenvalue weighted by Crippen LogP contribution is 2.03. The molecule has 18 heavy (non-hydrogen) atoms. The van der Waals surface area contributed by atoms with E-state index in [1.54, 1.807) is 16.9 Å². The van der Waals surface area contributed by atoms with Gasteiger partial charge in [-0.3, -0.25) is 14.4 Å². The highest BCUT2D eigenvalue weighted by Gasteiger charge is 2.20. The van der Waals surface area contributed by atoms with E-state index in [1.165, 1.54) is 0 Å². The van der Waals surface area contributed by atoms with Gasteiger partial charge >= 0.3 is 0 Å². The SMILES string of the molecule is C#CCN1CCN(C(=O)Cn2ccc(N)n2)CC1. The van der Waals surface area contributed by atoms with E-state index in [0.29, 0.717) is 12.4 Å². The van der Waals surface area contributed by atoms with Gasteiger partial charge in [-0.05, 0) is 6.07 Å². The molecule has 1 aromatic rings. The largest absolute Gasteiger partial charge is 0.382 e. The van der Waals surface area contributed by atoms with Crippen LogP contribution in [-0.4, -0.2) is 58.2 Å². The summed E-state index contributed by atoms with van der Waals surface area (Å²) in [6.07, 6.45) is 6.97. The summed E-state index contributed by atoms with van der Waals surface area (Å²) in [4.78, 5) is 16.0. The van der Waals surface area contributed by atoms with Crippen molar-refractivity contribution in [3.05, 3.63) is 12.3 Å². The number of nitrogens with zero attached hydrogens (tertiary/aromatic N) is 4. The van der Waals surface area contributed by atoms with Gasteiger partial charge in [0.15, 0.2) is 0 Å². The zero-order valence-corrected chi connectivity index (χ0v) is 10.2. The molecule has 96 valence electrons. The van der Waals surface area contributed by atoms with E-state index in [-0.39, 0.29) is 12.5 Å². The average Bonchev–Trinajstić information content (AvgIpc) is 2.76. The van der Waals surface area contributed by atoms with Crippen LogP contribution < -0.4 is 5.73 Å². The molecule has 0 bridgehead atoms. The molecule has 0 aliphatic carbocycles. The Balaban J connectivity index is 1.83. The molecule has 6 heteroatoms. The molecule has 1 aliphatic rings. The molecule has 2 rings (SSSR count). The molecule has 1 aliphatic heterocycles. The number of hydrogen-bond acceptors (Lipinski definition) is 4. The van der Waals surface area contributed by atoms with Gasteiger partial charge in [-0.1, -0.05) is 5.92 Å². The van der Waals surface area contributed by atoms with Gasteiger partial charge in [0.05, 0.1) is 6.54 Å². The molecule has 0 radical (unpaired) electrons. The Labute approximate surface area is 106 Å². The zero-order chi connectivity index (χ0) is 13.0. The number of carbonyl (C=O) groups is 1. The first kappa shape index (κ1) is 12.5. The van der Waals surface area contributed by atoms with E-state index in [9.17, 15) is 4.79 Å². The number of amides is 1. The Morgan fingerprint density at radius 1 is 1.44 bits per heavy atom. The second kappa shape index (κ2) is 5.56. The molecular formula is C12H17N5O. The Hall–Kier alpha value is -2.00. The predicted octanol–water partition coefficient (Wildman–Crippen LogP) is -0.757. The molecule has 2 N–H and O–H groups in total. The number of hydrogen-bond donors (Lipinski definition) is 1. The third kappa shape index (κ3) is 3.02. The fraction of sp³-hybridized carbons (Fsp3) is 0.500. The number of terminal acetylenes is 1. The van der Waals surface area contributed by atoms with Crippen molar-refractivity contribution in [2.45, 2.75) is 6.54 Å². The lowest BCUT2D eigenvalue weighted by molar-refractivity contribution is -0.133. The van der Waals surface area contributed by atoms with E-state index < -0.39 is 0 Å². The van der Waals surface area contributed by atoms with Gasteiger partial charge in [-0.15, -0.1) is 6.42 Å². The van der Waals surface area contributed by atoms with Crippen LogP contribution in [0.4, 0.5) is 5.82 Å². The number of carbonyl (C=O) groups excluding carboxylic acids is 1. The smallest absolute Gasteiger partial charge is 0.244 e. The first-order valence-electron chi connectivity index (χ1n) is 5.91. The molecule has 0 aromatic carbocycles. The maximum atomic E-state index is 12.0. The number of aromatic nitrogens is 2. The molecule has 1 aromatic heterocycles. The summed E-state index contributed by atoms with van der Waals surface area (Å²) in [5.74, 6) is 3.12. The molecule has 0 atom stereocenters. The van der Waals surface area contributed by atoms with Crippen molar-refractivity contribution in [1.82, 2.24) is 19.6 Å². The van der Waals surface area contributed by atoms with Crippen LogP contribution in [0, 0.1) is 12.3 Å². The molecule has 1 fully saturated rings. The van der Waals surface area contributed by atoms with Gasteiger partial charge in [0.1, 0.15) is 12.4 Å². The van der Waals surface area contributed by atoms with E-state index in [4.69, 9.17) is 12.2 Å². The Morgan fingerprint density at radius 2 is 2.17 bits per heavy atom. The van der Waals surface area contributed by atoms with Gasteiger partial charge in [0, 0.05) is 32.4 Å². The van der Waals surface area contributed by atoms with Crippen LogP contribution in [0.5, 0.6) is 0 Å². The van der Waals surface area contributed by atoms with Crippen LogP contribution in [0.2, 0.25) is 0 Å². The van der Waals surface area contributed by atoms with Crippen molar-refractivity contribution in [3.8, 4) is 12.3 Å². The summed E-state index contributed by atoms with van der Waals surface area (Å²) in [6, 6.07) is 1.68. The number of piperazine rings is 1. The van der Waals surface area contributed by atoms with Crippen LogP contribution in [0.25, 0.3) is 0 Å². The average molecular weight is 247 g/mol. The first-order valence-corrected chi connectivity index (χ1v) is 5.91. The van der Waals surface area contributed by atoms with Gasteiger partial charge in [0.2, 0.25) is 5.91 Å². The summed E-state index contributed by atoms with van der Waals surface area (Å²) in [5.41, 5.74) is 5.50. The molecule has 2 heterocycles. The lowest BCUT2D eigenvalue weighted by Gasteiger charge is -2.33. The van der Waals surface area contributed by atoms with Crippen molar-refractivity contribution in [2.75, 3.05) is 38.5 Å². The number of rotatable bonds is 3. The quantitative estimate of drug-likeness (QED) is 0.713. The van der Waals surface area contributed by atoms with E-state index in [0.717, 1.165) is 26.2 Å². The summed E-state index contributed by atoms with van der Waals surface area (Å²) < 4.78 is 1.56. The zero-order valence-electron chi connectivity index (χ0n) is 10.2. The second-order valence-electron chi connectivity index (χ2n) is 4.30. The molecular weight excluding hydrogens is 230 g/mol. The minimum atomic E-state index is 0.0680. The molecule has 6 nitrogen and oxygen atoms in total. The lowest BCUT2D eigenvalue weighted by Crippen LogP contribution is -2.49. The molecule has 1 amide bonds. The fourth-order valence-corrected chi connectivity index (χ4v) is 1.99. The van der Waals surface area contributed by atoms with Crippen LogP contribution in [-0.2, 0) is 11.3 Å². The van der Waals surface area contributed by atoms with Crippen molar-refractivity contribution in [2.24, 2.45) is 0 Å². The number of nitrogen functional groups attached to an aromatic ring is 1. The normalized spacial score (nSPS) is 16.5. The summed E-state index contributed by atoms with van der Waals surface area (Å²) in [5, 5.41) is 4.00. The topological polar surface area (TPSA) is 67.4 Å². The van der Waals surface area contributed by atoms with Crippen molar-refractivity contribution in [3.63, 3.8) is 0 Å². The van der Waals surface area contributed by atoms with E-state index >= 15 is 0 Å².